The fraction of sp³-hybridized carbons (Fsp3) is 0.381. The largest absolute Gasteiger partial charge is 0.494 e. The predicted octanol–water partition coefficient (Wildman–Crippen LogP) is 2.74. The van der Waals surface area contributed by atoms with E-state index in [9.17, 15) is 13.2 Å². The number of hydrogen-bond donors (Lipinski definition) is 1. The Labute approximate surface area is 172 Å². The predicted molar refractivity (Wildman–Crippen MR) is 114 cm³/mol. The Balaban J connectivity index is 2.01. The summed E-state index contributed by atoms with van der Waals surface area (Å²) < 4.78 is 36.7. The zero-order valence-corrected chi connectivity index (χ0v) is 18.0. The van der Waals surface area contributed by atoms with Gasteiger partial charge in [0, 0.05) is 6.07 Å². The Morgan fingerprint density at radius 2 is 1.86 bits per heavy atom. The SMILES string of the molecule is CCOc1cccc(N(CC(=O)NC(C)COc2ccccc2C)S(C)(=O)=O)c1. The van der Waals surface area contributed by atoms with Gasteiger partial charge in [-0.25, -0.2) is 8.42 Å². The molecule has 0 radical (unpaired) electrons. The number of sulfonamides is 1. The smallest absolute Gasteiger partial charge is 0.241 e. The van der Waals surface area contributed by atoms with Crippen molar-refractivity contribution in [1.82, 2.24) is 5.32 Å². The number of carbonyl (C=O) groups is 1. The standard InChI is InChI=1S/C21H28N2O5S/c1-5-27-19-11-8-10-18(13-19)23(29(4,25)26)14-21(24)22-17(3)15-28-20-12-7-6-9-16(20)2/h6-13,17H,5,14-15H2,1-4H3,(H,22,24). The second-order valence-electron chi connectivity index (χ2n) is 6.75. The van der Waals surface area contributed by atoms with E-state index in [0.717, 1.165) is 21.9 Å². The average Bonchev–Trinajstić information content (AvgIpc) is 2.65. The van der Waals surface area contributed by atoms with Gasteiger partial charge in [0.05, 0.1) is 24.6 Å². The molecule has 0 aliphatic carbocycles. The zero-order valence-electron chi connectivity index (χ0n) is 17.2. The first kappa shape index (κ1) is 22.5. The number of para-hydroxylation sites is 1. The number of nitrogens with zero attached hydrogens (tertiary/aromatic N) is 1. The van der Waals surface area contributed by atoms with Crippen molar-refractivity contribution in [2.24, 2.45) is 0 Å². The van der Waals surface area contributed by atoms with E-state index in [1.54, 1.807) is 31.2 Å². The Morgan fingerprint density at radius 1 is 1.14 bits per heavy atom. The number of benzene rings is 2. The van der Waals surface area contributed by atoms with Crippen molar-refractivity contribution in [2.45, 2.75) is 26.8 Å². The van der Waals surface area contributed by atoms with Crippen molar-refractivity contribution in [1.29, 1.82) is 0 Å². The molecule has 0 aromatic heterocycles. The minimum absolute atomic E-state index is 0.273. The minimum atomic E-state index is -3.66. The number of carbonyl (C=O) groups excluding carboxylic acids is 1. The molecule has 0 fully saturated rings. The number of amides is 1. The topological polar surface area (TPSA) is 84.9 Å². The van der Waals surface area contributed by atoms with Gasteiger partial charge in [-0.15, -0.1) is 0 Å². The van der Waals surface area contributed by atoms with Crippen LogP contribution in [0, 0.1) is 6.92 Å². The van der Waals surface area contributed by atoms with Crippen LogP contribution >= 0.6 is 0 Å². The molecule has 7 nitrogen and oxygen atoms in total. The van der Waals surface area contributed by atoms with Crippen LogP contribution in [0.4, 0.5) is 5.69 Å². The summed E-state index contributed by atoms with van der Waals surface area (Å²) in [7, 11) is -3.66. The minimum Gasteiger partial charge on any atom is -0.494 e. The van der Waals surface area contributed by atoms with Crippen LogP contribution in [0.3, 0.4) is 0 Å². The number of hydrogen-bond acceptors (Lipinski definition) is 5. The maximum atomic E-state index is 12.5. The summed E-state index contributed by atoms with van der Waals surface area (Å²) in [6.07, 6.45) is 1.07. The monoisotopic (exact) mass is 420 g/mol. The molecule has 158 valence electrons. The molecule has 0 saturated carbocycles. The van der Waals surface area contributed by atoms with Crippen LogP contribution in [-0.4, -0.2) is 46.4 Å². The molecule has 1 amide bonds. The third-order valence-electron chi connectivity index (χ3n) is 4.09. The van der Waals surface area contributed by atoms with Gasteiger partial charge in [0.2, 0.25) is 15.9 Å². The number of anilines is 1. The van der Waals surface area contributed by atoms with Crippen molar-refractivity contribution in [2.75, 3.05) is 30.3 Å². The molecule has 1 atom stereocenters. The lowest BCUT2D eigenvalue weighted by Gasteiger charge is -2.23. The molecule has 0 bridgehead atoms. The summed E-state index contributed by atoms with van der Waals surface area (Å²) >= 11 is 0. The second-order valence-corrected chi connectivity index (χ2v) is 8.65. The van der Waals surface area contributed by atoms with Gasteiger partial charge in [0.25, 0.3) is 0 Å². The molecule has 2 aromatic rings. The molecule has 0 saturated heterocycles. The van der Waals surface area contributed by atoms with E-state index in [2.05, 4.69) is 5.32 Å². The van der Waals surface area contributed by atoms with Crippen LogP contribution in [0.1, 0.15) is 19.4 Å². The van der Waals surface area contributed by atoms with Crippen LogP contribution in [0.5, 0.6) is 11.5 Å². The van der Waals surface area contributed by atoms with Gasteiger partial charge < -0.3 is 14.8 Å². The lowest BCUT2D eigenvalue weighted by Crippen LogP contribution is -2.44. The fourth-order valence-corrected chi connectivity index (χ4v) is 3.57. The van der Waals surface area contributed by atoms with Crippen molar-refractivity contribution in [3.8, 4) is 11.5 Å². The molecule has 0 aliphatic rings. The normalized spacial score (nSPS) is 12.1. The maximum absolute atomic E-state index is 12.5. The molecule has 2 aromatic carbocycles. The molecule has 1 N–H and O–H groups in total. The zero-order chi connectivity index (χ0) is 21.4. The van der Waals surface area contributed by atoms with Crippen LogP contribution < -0.4 is 19.1 Å². The molecule has 0 aliphatic heterocycles. The van der Waals surface area contributed by atoms with Crippen molar-refractivity contribution in [3.05, 3.63) is 54.1 Å². The van der Waals surface area contributed by atoms with E-state index in [1.165, 1.54) is 0 Å². The molecule has 2 rings (SSSR count). The summed E-state index contributed by atoms with van der Waals surface area (Å²) in [6, 6.07) is 14.0. The van der Waals surface area contributed by atoms with Crippen LogP contribution in [0.25, 0.3) is 0 Å². The summed E-state index contributed by atoms with van der Waals surface area (Å²) in [5, 5.41) is 2.78. The fourth-order valence-electron chi connectivity index (χ4n) is 2.72. The van der Waals surface area contributed by atoms with E-state index in [1.807, 2.05) is 38.1 Å². The van der Waals surface area contributed by atoms with Gasteiger partial charge in [-0.2, -0.15) is 0 Å². The highest BCUT2D eigenvalue weighted by Gasteiger charge is 2.22. The highest BCUT2D eigenvalue weighted by molar-refractivity contribution is 7.92. The Morgan fingerprint density at radius 3 is 2.52 bits per heavy atom. The number of rotatable bonds is 10. The van der Waals surface area contributed by atoms with Crippen LogP contribution in [0.15, 0.2) is 48.5 Å². The van der Waals surface area contributed by atoms with Gasteiger partial charge in [-0.05, 0) is 44.5 Å². The molecule has 0 heterocycles. The lowest BCUT2D eigenvalue weighted by atomic mass is 10.2. The number of aryl methyl sites for hydroxylation is 1. The van der Waals surface area contributed by atoms with Gasteiger partial charge >= 0.3 is 0 Å². The van der Waals surface area contributed by atoms with Crippen LogP contribution in [0.2, 0.25) is 0 Å². The van der Waals surface area contributed by atoms with Gasteiger partial charge in [0.1, 0.15) is 24.7 Å². The van der Waals surface area contributed by atoms with E-state index in [0.29, 0.717) is 18.0 Å². The molecule has 8 heteroatoms. The van der Waals surface area contributed by atoms with Crippen molar-refractivity contribution < 1.29 is 22.7 Å². The Kier molecular flexibility index (Phi) is 7.90. The van der Waals surface area contributed by atoms with Crippen molar-refractivity contribution in [3.63, 3.8) is 0 Å². The van der Waals surface area contributed by atoms with E-state index < -0.39 is 15.9 Å². The first-order valence-corrected chi connectivity index (χ1v) is 11.2. The highest BCUT2D eigenvalue weighted by atomic mass is 32.2. The summed E-state index contributed by atoms with van der Waals surface area (Å²) in [5.74, 6) is 0.872. The van der Waals surface area contributed by atoms with Crippen LogP contribution in [-0.2, 0) is 14.8 Å². The Hall–Kier alpha value is -2.74. The van der Waals surface area contributed by atoms with E-state index >= 15 is 0 Å². The van der Waals surface area contributed by atoms with Gasteiger partial charge in [-0.1, -0.05) is 24.3 Å². The molecular formula is C21H28N2O5S. The van der Waals surface area contributed by atoms with Gasteiger partial charge in [-0.3, -0.25) is 9.10 Å². The number of ether oxygens (including phenoxy) is 2. The van der Waals surface area contributed by atoms with E-state index in [4.69, 9.17) is 9.47 Å². The first-order chi connectivity index (χ1) is 13.7. The highest BCUT2D eigenvalue weighted by Crippen LogP contribution is 2.23. The summed E-state index contributed by atoms with van der Waals surface area (Å²) in [5.41, 5.74) is 1.38. The first-order valence-electron chi connectivity index (χ1n) is 9.39. The molecule has 1 unspecified atom stereocenters. The average molecular weight is 421 g/mol. The second kappa shape index (κ2) is 10.2. The number of nitrogens with one attached hydrogen (secondary N) is 1. The van der Waals surface area contributed by atoms with E-state index in [-0.39, 0.29) is 19.2 Å². The molecular weight excluding hydrogens is 392 g/mol. The van der Waals surface area contributed by atoms with Crippen molar-refractivity contribution >= 4 is 21.6 Å². The quantitative estimate of drug-likeness (QED) is 0.639. The summed E-state index contributed by atoms with van der Waals surface area (Å²) in [4.78, 5) is 12.5. The maximum Gasteiger partial charge on any atom is 0.241 e. The third-order valence-corrected chi connectivity index (χ3v) is 5.23. The lowest BCUT2D eigenvalue weighted by molar-refractivity contribution is -0.120. The molecule has 29 heavy (non-hydrogen) atoms. The third kappa shape index (κ3) is 6.98. The summed E-state index contributed by atoms with van der Waals surface area (Å²) in [6.45, 7) is 5.99. The Bertz CT molecular complexity index is 930. The molecule has 0 spiro atoms. The van der Waals surface area contributed by atoms with Gasteiger partial charge in [0.15, 0.2) is 0 Å².